The highest BCUT2D eigenvalue weighted by molar-refractivity contribution is 8.07. The van der Waals surface area contributed by atoms with Crippen molar-refractivity contribution in [2.75, 3.05) is 13.2 Å². The van der Waals surface area contributed by atoms with Gasteiger partial charge in [0.05, 0.1) is 13.2 Å². The number of ether oxygens (including phenoxy) is 1. The van der Waals surface area contributed by atoms with Crippen molar-refractivity contribution in [2.24, 2.45) is 0 Å². The van der Waals surface area contributed by atoms with Gasteiger partial charge in [0.25, 0.3) is 0 Å². The number of nitrogens with zero attached hydrogens (tertiary/aromatic N) is 1. The maximum atomic E-state index is 5.82. The fourth-order valence-electron chi connectivity index (χ4n) is 1.67. The lowest BCUT2D eigenvalue weighted by Crippen LogP contribution is -2.01. The van der Waals surface area contributed by atoms with E-state index in [4.69, 9.17) is 41.7 Å². The highest BCUT2D eigenvalue weighted by atomic mass is 35.5. The summed E-state index contributed by atoms with van der Waals surface area (Å²) in [5.74, 6) is 1.58. The molecule has 0 bridgehead atoms. The summed E-state index contributed by atoms with van der Waals surface area (Å²) in [5.41, 5.74) is 0. The largest absolute Gasteiger partial charge is 0.439 e. The first kappa shape index (κ1) is 18.2. The van der Waals surface area contributed by atoms with Crippen LogP contribution < -0.4 is 9.26 Å². The number of pyridine rings is 1. The molecule has 1 heterocycles. The molecule has 1 aromatic carbocycles. The van der Waals surface area contributed by atoms with Crippen LogP contribution in [0.4, 0.5) is 0 Å². The molecule has 23 heavy (non-hydrogen) atoms. The van der Waals surface area contributed by atoms with Crippen LogP contribution in [0.25, 0.3) is 0 Å². The summed E-state index contributed by atoms with van der Waals surface area (Å²) in [5, 5.41) is 0.372. The van der Waals surface area contributed by atoms with Gasteiger partial charge >= 0.3 is 6.72 Å². The zero-order valence-corrected chi connectivity index (χ0v) is 15.2. The number of aromatic nitrogens is 1. The van der Waals surface area contributed by atoms with Crippen LogP contribution in [0.15, 0.2) is 42.5 Å². The summed E-state index contributed by atoms with van der Waals surface area (Å²) in [6.45, 7) is 1.78. The first-order valence-corrected chi connectivity index (χ1v) is 9.97. The molecular formula is C15H17ClNO4PS. The average Bonchev–Trinajstić information content (AvgIpc) is 2.50. The first-order chi connectivity index (χ1) is 11.0. The van der Waals surface area contributed by atoms with Crippen LogP contribution in [0.1, 0.15) is 13.8 Å². The van der Waals surface area contributed by atoms with Gasteiger partial charge in [-0.05, 0) is 44.2 Å². The normalized spacial score (nSPS) is 11.3. The summed E-state index contributed by atoms with van der Waals surface area (Å²) < 4.78 is 22.2. The molecule has 0 saturated carbocycles. The molecule has 0 radical (unpaired) electrons. The molecule has 0 fully saturated rings. The molecule has 5 nitrogen and oxygen atoms in total. The SMILES string of the molecule is CCOP(=S)(OCC)Oc1ccc(Oc2cccc(Cl)n2)cc1. The Morgan fingerprint density at radius 3 is 2.17 bits per heavy atom. The molecular weight excluding hydrogens is 357 g/mol. The minimum Gasteiger partial charge on any atom is -0.439 e. The van der Waals surface area contributed by atoms with Crippen molar-refractivity contribution >= 4 is 30.1 Å². The maximum Gasteiger partial charge on any atom is 0.380 e. The molecule has 0 amide bonds. The number of halogens is 1. The Hall–Kier alpha value is -1.17. The molecule has 2 aromatic rings. The Balaban J connectivity index is 2.05. The second kappa shape index (κ2) is 8.62. The second-order valence-corrected chi connectivity index (χ2v) is 7.57. The summed E-state index contributed by atoms with van der Waals surface area (Å²) in [6.07, 6.45) is 0. The minimum absolute atomic E-state index is 0.372. The molecule has 1 aromatic heterocycles. The third-order valence-electron chi connectivity index (χ3n) is 2.53. The lowest BCUT2D eigenvalue weighted by atomic mass is 10.3. The minimum atomic E-state index is -2.77. The zero-order chi connectivity index (χ0) is 16.7. The van der Waals surface area contributed by atoms with Crippen LogP contribution in [0.2, 0.25) is 5.15 Å². The third-order valence-corrected chi connectivity index (χ3v) is 5.18. The van der Waals surface area contributed by atoms with Gasteiger partial charge < -0.3 is 9.26 Å². The van der Waals surface area contributed by atoms with Gasteiger partial charge in [-0.15, -0.1) is 0 Å². The number of rotatable bonds is 8. The van der Waals surface area contributed by atoms with Gasteiger partial charge in [-0.3, -0.25) is 9.05 Å². The predicted molar refractivity (Wildman–Crippen MR) is 93.9 cm³/mol. The molecule has 0 atom stereocenters. The van der Waals surface area contributed by atoms with Crippen molar-refractivity contribution in [3.63, 3.8) is 0 Å². The molecule has 0 aliphatic heterocycles. The standard InChI is InChI=1S/C15H17ClNO4PS/c1-3-18-22(23,19-4-2)21-13-10-8-12(9-11-13)20-15-7-5-6-14(16)17-15/h5-11H,3-4H2,1-2H3. The lowest BCUT2D eigenvalue weighted by molar-refractivity contribution is 0.218. The van der Waals surface area contributed by atoms with E-state index in [1.165, 1.54) is 0 Å². The quantitative estimate of drug-likeness (QED) is 0.468. The van der Waals surface area contributed by atoms with E-state index in [-0.39, 0.29) is 0 Å². The Morgan fingerprint density at radius 2 is 1.61 bits per heavy atom. The van der Waals surface area contributed by atoms with Crippen LogP contribution in [0.5, 0.6) is 17.4 Å². The van der Waals surface area contributed by atoms with Crippen molar-refractivity contribution in [1.29, 1.82) is 0 Å². The third kappa shape index (κ3) is 5.75. The van der Waals surface area contributed by atoms with E-state index in [9.17, 15) is 0 Å². The van der Waals surface area contributed by atoms with E-state index >= 15 is 0 Å². The number of hydrogen-bond acceptors (Lipinski definition) is 6. The highest BCUT2D eigenvalue weighted by Gasteiger charge is 2.21. The molecule has 8 heteroatoms. The van der Waals surface area contributed by atoms with Gasteiger partial charge in [-0.2, -0.15) is 0 Å². The van der Waals surface area contributed by atoms with Crippen molar-refractivity contribution < 1.29 is 18.3 Å². The number of hydrogen-bond donors (Lipinski definition) is 0. The topological polar surface area (TPSA) is 49.8 Å². The van der Waals surface area contributed by atoms with Crippen LogP contribution in [-0.4, -0.2) is 18.2 Å². The van der Waals surface area contributed by atoms with Gasteiger partial charge in [0.15, 0.2) is 0 Å². The zero-order valence-electron chi connectivity index (χ0n) is 12.8. The van der Waals surface area contributed by atoms with Crippen LogP contribution in [-0.2, 0) is 20.9 Å². The van der Waals surface area contributed by atoms with Gasteiger partial charge in [0, 0.05) is 17.9 Å². The fraction of sp³-hybridized carbons (Fsp3) is 0.267. The molecule has 0 aliphatic carbocycles. The fourth-order valence-corrected chi connectivity index (χ4v) is 3.91. The number of benzene rings is 1. The maximum absolute atomic E-state index is 5.82. The molecule has 0 spiro atoms. The smallest absolute Gasteiger partial charge is 0.380 e. The van der Waals surface area contributed by atoms with E-state index in [1.807, 2.05) is 13.8 Å². The van der Waals surface area contributed by atoms with Crippen molar-refractivity contribution in [1.82, 2.24) is 4.98 Å². The van der Waals surface area contributed by atoms with Gasteiger partial charge in [-0.25, -0.2) is 4.98 Å². The Kier molecular flexibility index (Phi) is 6.81. The van der Waals surface area contributed by atoms with Crippen molar-refractivity contribution in [3.05, 3.63) is 47.6 Å². The van der Waals surface area contributed by atoms with Crippen LogP contribution in [0, 0.1) is 0 Å². The summed E-state index contributed by atoms with van der Waals surface area (Å²) in [7, 11) is 0. The van der Waals surface area contributed by atoms with E-state index in [0.29, 0.717) is 35.7 Å². The van der Waals surface area contributed by atoms with Crippen molar-refractivity contribution in [2.45, 2.75) is 13.8 Å². The first-order valence-electron chi connectivity index (χ1n) is 7.04. The molecule has 0 saturated heterocycles. The molecule has 0 N–H and O–H groups in total. The Bertz CT molecular complexity index is 673. The summed E-state index contributed by atoms with van der Waals surface area (Å²) >= 11 is 11.1. The summed E-state index contributed by atoms with van der Waals surface area (Å²) in [4.78, 5) is 4.06. The molecule has 2 rings (SSSR count). The monoisotopic (exact) mass is 373 g/mol. The van der Waals surface area contributed by atoms with E-state index in [0.717, 1.165) is 0 Å². The Morgan fingerprint density at radius 1 is 1.00 bits per heavy atom. The predicted octanol–water partition coefficient (Wildman–Crippen LogP) is 5.20. The van der Waals surface area contributed by atoms with Crippen LogP contribution >= 0.6 is 18.3 Å². The summed E-state index contributed by atoms with van der Waals surface area (Å²) in [6, 6.07) is 12.1. The van der Waals surface area contributed by atoms with Crippen LogP contribution in [0.3, 0.4) is 0 Å². The van der Waals surface area contributed by atoms with E-state index < -0.39 is 6.72 Å². The highest BCUT2D eigenvalue weighted by Crippen LogP contribution is 2.49. The Labute approximate surface area is 145 Å². The van der Waals surface area contributed by atoms with Gasteiger partial charge in [-0.1, -0.05) is 17.7 Å². The van der Waals surface area contributed by atoms with Gasteiger partial charge in [0.2, 0.25) is 5.88 Å². The average molecular weight is 374 g/mol. The second-order valence-electron chi connectivity index (χ2n) is 4.25. The lowest BCUT2D eigenvalue weighted by Gasteiger charge is -2.21. The molecule has 0 aliphatic rings. The van der Waals surface area contributed by atoms with E-state index in [1.54, 1.807) is 42.5 Å². The molecule has 124 valence electrons. The molecule has 0 unspecified atom stereocenters. The van der Waals surface area contributed by atoms with Gasteiger partial charge in [0.1, 0.15) is 16.7 Å². The van der Waals surface area contributed by atoms with Crippen molar-refractivity contribution in [3.8, 4) is 17.4 Å². The van der Waals surface area contributed by atoms with E-state index in [2.05, 4.69) is 4.98 Å².